The first-order valence-electron chi connectivity index (χ1n) is 6.20. The van der Waals surface area contributed by atoms with Gasteiger partial charge in [-0.25, -0.2) is 0 Å². The molecule has 1 saturated carbocycles. The summed E-state index contributed by atoms with van der Waals surface area (Å²) in [5.74, 6) is 0. The summed E-state index contributed by atoms with van der Waals surface area (Å²) in [6.45, 7) is 0.256. The Hall–Kier alpha value is -0.240. The molecule has 94 valence electrons. The third kappa shape index (κ3) is 3.15. The van der Waals surface area contributed by atoms with E-state index in [0.717, 1.165) is 29.8 Å². The zero-order valence-corrected chi connectivity index (χ0v) is 11.4. The fourth-order valence-electron chi connectivity index (χ4n) is 2.76. The van der Waals surface area contributed by atoms with E-state index in [4.69, 9.17) is 23.2 Å². The number of aliphatic hydroxyl groups excluding tert-OH is 1. The highest BCUT2D eigenvalue weighted by atomic mass is 35.5. The summed E-state index contributed by atoms with van der Waals surface area (Å²) >= 11 is 12.1. The van der Waals surface area contributed by atoms with E-state index in [2.05, 4.69) is 0 Å². The largest absolute Gasteiger partial charge is 0.396 e. The van der Waals surface area contributed by atoms with Crippen molar-refractivity contribution in [2.75, 3.05) is 6.61 Å². The molecule has 0 aliphatic heterocycles. The summed E-state index contributed by atoms with van der Waals surface area (Å²) in [7, 11) is 0. The highest BCUT2D eigenvalue weighted by Crippen LogP contribution is 2.40. The molecule has 0 spiro atoms. The molecule has 3 heteroatoms. The molecule has 0 aromatic heterocycles. The maximum Gasteiger partial charge on any atom is 0.0490 e. The van der Waals surface area contributed by atoms with Gasteiger partial charge in [0.05, 0.1) is 0 Å². The molecule has 0 bridgehead atoms. The molecular weight excluding hydrogens is 255 g/mol. The van der Waals surface area contributed by atoms with Crippen LogP contribution in [-0.2, 0) is 6.42 Å². The van der Waals surface area contributed by atoms with Crippen LogP contribution in [0.5, 0.6) is 0 Å². The van der Waals surface area contributed by atoms with Crippen molar-refractivity contribution < 1.29 is 5.11 Å². The second-order valence-corrected chi connectivity index (χ2v) is 5.97. The summed E-state index contributed by atoms with van der Waals surface area (Å²) in [6, 6.07) is 5.64. The van der Waals surface area contributed by atoms with Gasteiger partial charge in [-0.05, 0) is 42.4 Å². The van der Waals surface area contributed by atoms with Crippen molar-refractivity contribution in [1.29, 1.82) is 0 Å². The first-order chi connectivity index (χ1) is 8.15. The van der Waals surface area contributed by atoms with Crippen LogP contribution in [0, 0.1) is 5.41 Å². The highest BCUT2D eigenvalue weighted by Gasteiger charge is 2.32. The van der Waals surface area contributed by atoms with Gasteiger partial charge >= 0.3 is 0 Å². The van der Waals surface area contributed by atoms with Crippen molar-refractivity contribution in [2.24, 2.45) is 5.41 Å². The molecule has 1 aliphatic rings. The van der Waals surface area contributed by atoms with Gasteiger partial charge in [0.15, 0.2) is 0 Å². The van der Waals surface area contributed by atoms with Crippen molar-refractivity contribution in [3.63, 3.8) is 0 Å². The Balaban J connectivity index is 2.17. The smallest absolute Gasteiger partial charge is 0.0490 e. The van der Waals surface area contributed by atoms with Crippen LogP contribution in [-0.4, -0.2) is 11.7 Å². The minimum absolute atomic E-state index is 0.0374. The molecule has 2 rings (SSSR count). The van der Waals surface area contributed by atoms with Gasteiger partial charge < -0.3 is 5.11 Å². The minimum atomic E-state index is 0.0374. The van der Waals surface area contributed by atoms with Gasteiger partial charge in [-0.2, -0.15) is 0 Å². The molecule has 1 N–H and O–H groups in total. The molecule has 0 heterocycles. The second-order valence-electron chi connectivity index (χ2n) is 5.13. The van der Waals surface area contributed by atoms with Crippen molar-refractivity contribution in [3.05, 3.63) is 33.8 Å². The lowest BCUT2D eigenvalue weighted by atomic mass is 9.71. The average molecular weight is 273 g/mol. The highest BCUT2D eigenvalue weighted by molar-refractivity contribution is 6.35. The molecule has 1 aromatic rings. The third-order valence-electron chi connectivity index (χ3n) is 3.83. The van der Waals surface area contributed by atoms with E-state index >= 15 is 0 Å². The number of rotatable bonds is 3. The number of hydrogen-bond donors (Lipinski definition) is 1. The molecule has 0 saturated heterocycles. The van der Waals surface area contributed by atoms with Gasteiger partial charge in [0.25, 0.3) is 0 Å². The molecule has 1 fully saturated rings. The van der Waals surface area contributed by atoms with E-state index in [0.29, 0.717) is 5.02 Å². The van der Waals surface area contributed by atoms with Crippen LogP contribution in [0.1, 0.15) is 37.7 Å². The quantitative estimate of drug-likeness (QED) is 0.860. The van der Waals surface area contributed by atoms with Crippen molar-refractivity contribution in [1.82, 2.24) is 0 Å². The number of halogens is 2. The van der Waals surface area contributed by atoms with E-state index in [1.807, 2.05) is 12.1 Å². The van der Waals surface area contributed by atoms with E-state index in [-0.39, 0.29) is 12.0 Å². The number of benzene rings is 1. The SMILES string of the molecule is OCC1(Cc2ccc(Cl)cc2Cl)CCCCC1. The van der Waals surface area contributed by atoms with Gasteiger partial charge in [0.2, 0.25) is 0 Å². The Morgan fingerprint density at radius 1 is 1.12 bits per heavy atom. The fourth-order valence-corrected chi connectivity index (χ4v) is 3.24. The van der Waals surface area contributed by atoms with E-state index in [9.17, 15) is 5.11 Å². The molecular formula is C14H18Cl2O. The predicted molar refractivity (Wildman–Crippen MR) is 72.8 cm³/mol. The molecule has 0 atom stereocenters. The Labute approximate surface area is 113 Å². The topological polar surface area (TPSA) is 20.2 Å². The standard InChI is InChI=1S/C14H18Cl2O/c15-12-5-4-11(13(16)8-12)9-14(10-17)6-2-1-3-7-14/h4-5,8,17H,1-3,6-7,9-10H2. The van der Waals surface area contributed by atoms with Crippen LogP contribution in [0.3, 0.4) is 0 Å². The van der Waals surface area contributed by atoms with Crippen molar-refractivity contribution in [2.45, 2.75) is 38.5 Å². The Bertz CT molecular complexity index is 384. The van der Waals surface area contributed by atoms with E-state index in [1.165, 1.54) is 19.3 Å². The maximum atomic E-state index is 9.68. The van der Waals surface area contributed by atoms with Gasteiger partial charge in [-0.15, -0.1) is 0 Å². The summed E-state index contributed by atoms with van der Waals surface area (Å²) < 4.78 is 0. The molecule has 17 heavy (non-hydrogen) atoms. The third-order valence-corrected chi connectivity index (χ3v) is 4.42. The van der Waals surface area contributed by atoms with Gasteiger partial charge in [0, 0.05) is 16.7 Å². The normalized spacial score (nSPS) is 19.2. The molecule has 0 unspecified atom stereocenters. The van der Waals surface area contributed by atoms with E-state index < -0.39 is 0 Å². The molecule has 1 nitrogen and oxygen atoms in total. The number of hydrogen-bond acceptors (Lipinski definition) is 1. The lowest BCUT2D eigenvalue weighted by Crippen LogP contribution is -2.30. The van der Waals surface area contributed by atoms with Gasteiger partial charge in [-0.3, -0.25) is 0 Å². The van der Waals surface area contributed by atoms with Crippen LogP contribution < -0.4 is 0 Å². The summed E-state index contributed by atoms with van der Waals surface area (Å²) in [6.07, 6.45) is 6.78. The predicted octanol–water partition coefficient (Wildman–Crippen LogP) is 4.48. The van der Waals surface area contributed by atoms with Gasteiger partial charge in [-0.1, -0.05) is 48.5 Å². The van der Waals surface area contributed by atoms with Crippen LogP contribution in [0.25, 0.3) is 0 Å². The van der Waals surface area contributed by atoms with E-state index in [1.54, 1.807) is 6.07 Å². The lowest BCUT2D eigenvalue weighted by Gasteiger charge is -2.36. The summed E-state index contributed by atoms with van der Waals surface area (Å²) in [5, 5.41) is 11.1. The zero-order chi connectivity index (χ0) is 12.3. The second kappa shape index (κ2) is 5.60. The fraction of sp³-hybridized carbons (Fsp3) is 0.571. The summed E-state index contributed by atoms with van der Waals surface area (Å²) in [4.78, 5) is 0. The zero-order valence-electron chi connectivity index (χ0n) is 9.88. The lowest BCUT2D eigenvalue weighted by molar-refractivity contribution is 0.0824. The van der Waals surface area contributed by atoms with Crippen LogP contribution in [0.2, 0.25) is 10.0 Å². The molecule has 0 amide bonds. The van der Waals surface area contributed by atoms with Gasteiger partial charge in [0.1, 0.15) is 0 Å². The first kappa shape index (κ1) is 13.2. The van der Waals surface area contributed by atoms with Crippen LogP contribution in [0.15, 0.2) is 18.2 Å². The molecule has 0 radical (unpaired) electrons. The minimum Gasteiger partial charge on any atom is -0.396 e. The van der Waals surface area contributed by atoms with Crippen LogP contribution >= 0.6 is 23.2 Å². The average Bonchev–Trinajstić information content (AvgIpc) is 2.34. The Kier molecular flexibility index (Phi) is 4.35. The molecule has 1 aromatic carbocycles. The molecule has 1 aliphatic carbocycles. The number of aliphatic hydroxyl groups is 1. The van der Waals surface area contributed by atoms with Crippen molar-refractivity contribution in [3.8, 4) is 0 Å². The Morgan fingerprint density at radius 3 is 2.41 bits per heavy atom. The Morgan fingerprint density at radius 2 is 1.82 bits per heavy atom. The summed E-state index contributed by atoms with van der Waals surface area (Å²) in [5.41, 5.74) is 1.14. The first-order valence-corrected chi connectivity index (χ1v) is 6.96. The maximum absolute atomic E-state index is 9.68. The monoisotopic (exact) mass is 272 g/mol. The van der Waals surface area contributed by atoms with Crippen LogP contribution in [0.4, 0.5) is 0 Å². The van der Waals surface area contributed by atoms with Crippen molar-refractivity contribution >= 4 is 23.2 Å².